The smallest absolute Gasteiger partial charge is 0.323 e. The first kappa shape index (κ1) is 18.2. The fourth-order valence-electron chi connectivity index (χ4n) is 4.20. The van der Waals surface area contributed by atoms with Gasteiger partial charge in [-0.3, -0.25) is 4.98 Å². The van der Waals surface area contributed by atoms with Crippen molar-refractivity contribution in [1.82, 2.24) is 20.1 Å². The van der Waals surface area contributed by atoms with Crippen molar-refractivity contribution in [3.8, 4) is 28.0 Å². The van der Waals surface area contributed by atoms with E-state index in [2.05, 4.69) is 26.2 Å². The van der Waals surface area contributed by atoms with Gasteiger partial charge in [0.2, 0.25) is 0 Å². The van der Waals surface area contributed by atoms with Gasteiger partial charge in [-0.15, -0.1) is 0 Å². The van der Waals surface area contributed by atoms with Gasteiger partial charge in [-0.2, -0.15) is 0 Å². The van der Waals surface area contributed by atoms with Gasteiger partial charge in [0.25, 0.3) is 0 Å². The monoisotopic (exact) mass is 400 g/mol. The van der Waals surface area contributed by atoms with E-state index in [1.54, 1.807) is 7.11 Å². The second kappa shape index (κ2) is 6.59. The Morgan fingerprint density at radius 1 is 1.07 bits per heavy atom. The summed E-state index contributed by atoms with van der Waals surface area (Å²) in [7, 11) is 1.63. The molecule has 0 bridgehead atoms. The molecular formula is C23H20N4O3. The van der Waals surface area contributed by atoms with Crippen molar-refractivity contribution in [2.24, 2.45) is 0 Å². The number of aromatic nitrogens is 4. The molecule has 2 N–H and O–H groups in total. The normalized spacial score (nSPS) is 11.5. The first-order valence-corrected chi connectivity index (χ1v) is 9.60. The number of hydrogen-bond acceptors (Lipinski definition) is 5. The zero-order chi connectivity index (χ0) is 21.0. The van der Waals surface area contributed by atoms with Crippen LogP contribution in [0.3, 0.4) is 0 Å². The van der Waals surface area contributed by atoms with Crippen LogP contribution < -0.4 is 10.4 Å². The van der Waals surface area contributed by atoms with E-state index in [0.29, 0.717) is 5.75 Å². The molecule has 0 aliphatic carbocycles. The van der Waals surface area contributed by atoms with Crippen molar-refractivity contribution in [3.63, 3.8) is 0 Å². The van der Waals surface area contributed by atoms with E-state index in [1.807, 2.05) is 51.2 Å². The van der Waals surface area contributed by atoms with Gasteiger partial charge >= 0.3 is 5.69 Å². The maximum absolute atomic E-state index is 12.2. The lowest BCUT2D eigenvalue weighted by atomic mass is 9.92. The predicted octanol–water partition coefficient (Wildman–Crippen LogP) is 4.66. The number of nitrogens with one attached hydrogen (secondary N) is 2. The van der Waals surface area contributed by atoms with Crippen LogP contribution in [0.25, 0.3) is 44.2 Å². The van der Waals surface area contributed by atoms with Crippen LogP contribution in [0.15, 0.2) is 45.8 Å². The first-order chi connectivity index (χ1) is 14.5. The highest BCUT2D eigenvalue weighted by molar-refractivity contribution is 6.06. The molecule has 7 nitrogen and oxygen atoms in total. The number of hydrogen-bond donors (Lipinski definition) is 2. The van der Waals surface area contributed by atoms with E-state index < -0.39 is 0 Å². The number of imidazole rings is 1. The van der Waals surface area contributed by atoms with Crippen LogP contribution >= 0.6 is 0 Å². The highest BCUT2D eigenvalue weighted by Crippen LogP contribution is 2.40. The second-order valence-electron chi connectivity index (χ2n) is 7.40. The maximum atomic E-state index is 12.2. The first-order valence-electron chi connectivity index (χ1n) is 9.60. The van der Waals surface area contributed by atoms with E-state index in [4.69, 9.17) is 9.26 Å². The number of ether oxygens (including phenoxy) is 1. The summed E-state index contributed by atoms with van der Waals surface area (Å²) in [4.78, 5) is 22.6. The van der Waals surface area contributed by atoms with Crippen molar-refractivity contribution < 1.29 is 9.26 Å². The Hall–Kier alpha value is -3.87. The maximum Gasteiger partial charge on any atom is 0.323 e. The molecule has 3 heterocycles. The fraction of sp³-hybridized carbons (Fsp3) is 0.174. The molecule has 2 aromatic carbocycles. The fourth-order valence-corrected chi connectivity index (χ4v) is 4.20. The van der Waals surface area contributed by atoms with Gasteiger partial charge in [0.1, 0.15) is 17.0 Å². The summed E-state index contributed by atoms with van der Waals surface area (Å²) in [5, 5.41) is 5.04. The largest absolute Gasteiger partial charge is 0.494 e. The lowest BCUT2D eigenvalue weighted by Gasteiger charge is -2.14. The van der Waals surface area contributed by atoms with Crippen LogP contribution in [0.2, 0.25) is 0 Å². The Morgan fingerprint density at radius 2 is 1.90 bits per heavy atom. The number of pyridine rings is 1. The molecule has 0 fully saturated rings. The number of rotatable bonds is 3. The molecule has 0 radical (unpaired) electrons. The molecule has 5 rings (SSSR count). The highest BCUT2D eigenvalue weighted by Gasteiger charge is 2.19. The Morgan fingerprint density at radius 3 is 2.63 bits per heavy atom. The molecule has 0 amide bonds. The van der Waals surface area contributed by atoms with Gasteiger partial charge in [0.05, 0.1) is 23.8 Å². The van der Waals surface area contributed by atoms with E-state index in [-0.39, 0.29) is 5.69 Å². The van der Waals surface area contributed by atoms with Crippen molar-refractivity contribution in [1.29, 1.82) is 0 Å². The Kier molecular flexibility index (Phi) is 3.99. The average Bonchev–Trinajstić information content (AvgIpc) is 3.27. The van der Waals surface area contributed by atoms with Gasteiger partial charge in [0, 0.05) is 22.7 Å². The Bertz CT molecular complexity index is 1470. The van der Waals surface area contributed by atoms with Gasteiger partial charge in [0.15, 0.2) is 0 Å². The molecule has 0 saturated heterocycles. The summed E-state index contributed by atoms with van der Waals surface area (Å²) < 4.78 is 10.9. The van der Waals surface area contributed by atoms with Crippen molar-refractivity contribution in [2.75, 3.05) is 7.11 Å². The van der Waals surface area contributed by atoms with Crippen LogP contribution in [-0.2, 0) is 0 Å². The molecule has 0 unspecified atom stereocenters. The molecular weight excluding hydrogens is 380 g/mol. The molecule has 150 valence electrons. The van der Waals surface area contributed by atoms with Gasteiger partial charge in [-0.05, 0) is 55.7 Å². The lowest BCUT2D eigenvalue weighted by molar-refractivity contribution is 0.393. The predicted molar refractivity (Wildman–Crippen MR) is 116 cm³/mol. The highest BCUT2D eigenvalue weighted by atomic mass is 16.5. The number of aromatic amines is 2. The van der Waals surface area contributed by atoms with Gasteiger partial charge in [-0.1, -0.05) is 17.3 Å². The molecule has 0 aliphatic heterocycles. The average molecular weight is 400 g/mol. The molecule has 0 spiro atoms. The van der Waals surface area contributed by atoms with Gasteiger partial charge in [-0.25, -0.2) is 4.79 Å². The van der Waals surface area contributed by atoms with Crippen LogP contribution in [0.1, 0.15) is 17.0 Å². The summed E-state index contributed by atoms with van der Waals surface area (Å²) in [6.45, 7) is 5.81. The minimum Gasteiger partial charge on any atom is -0.494 e. The minimum absolute atomic E-state index is 0.254. The molecule has 5 aromatic rings. The number of aryl methyl sites for hydroxylation is 3. The van der Waals surface area contributed by atoms with Crippen molar-refractivity contribution in [3.05, 3.63) is 64.0 Å². The third-order valence-corrected chi connectivity index (χ3v) is 5.49. The van der Waals surface area contributed by atoms with Crippen molar-refractivity contribution >= 4 is 21.9 Å². The zero-order valence-electron chi connectivity index (χ0n) is 17.1. The van der Waals surface area contributed by atoms with Crippen LogP contribution in [-0.4, -0.2) is 27.2 Å². The number of benzene rings is 2. The standard InChI is InChI=1S/C23H20N4O3/c1-11-10-24-22-15(6-5-7-18(22)29-4)19(11)16-8-14(20-12(2)27-30-13(20)3)9-17-21(16)26-23(28)25-17/h5-10H,1-4H3,(H2,25,26,28). The van der Waals surface area contributed by atoms with E-state index in [1.165, 1.54) is 0 Å². The van der Waals surface area contributed by atoms with E-state index in [0.717, 1.165) is 61.2 Å². The third kappa shape index (κ3) is 2.62. The quantitative estimate of drug-likeness (QED) is 0.459. The lowest BCUT2D eigenvalue weighted by Crippen LogP contribution is -1.99. The van der Waals surface area contributed by atoms with Crippen LogP contribution in [0.4, 0.5) is 0 Å². The molecule has 30 heavy (non-hydrogen) atoms. The number of fused-ring (bicyclic) bond motifs is 2. The molecule has 3 aromatic heterocycles. The molecule has 0 atom stereocenters. The second-order valence-corrected chi connectivity index (χ2v) is 7.40. The van der Waals surface area contributed by atoms with Crippen molar-refractivity contribution in [2.45, 2.75) is 20.8 Å². The summed E-state index contributed by atoms with van der Waals surface area (Å²) in [5.41, 5.74) is 7.53. The SMILES string of the molecule is COc1cccc2c(-c3cc(-c4c(C)noc4C)cc4[nH]c(=O)[nH]c34)c(C)cnc12. The number of H-pyrrole nitrogens is 2. The number of methoxy groups -OCH3 is 1. The Labute approximate surface area is 171 Å². The van der Waals surface area contributed by atoms with Crippen LogP contribution in [0, 0.1) is 20.8 Å². The van der Waals surface area contributed by atoms with Crippen LogP contribution in [0.5, 0.6) is 5.75 Å². The molecule has 0 saturated carbocycles. The molecule has 0 aliphatic rings. The topological polar surface area (TPSA) is 96.8 Å². The van der Waals surface area contributed by atoms with E-state index in [9.17, 15) is 4.79 Å². The summed E-state index contributed by atoms with van der Waals surface area (Å²) in [6, 6.07) is 9.87. The Balaban J connectivity index is 1.92. The summed E-state index contributed by atoms with van der Waals surface area (Å²) in [5.74, 6) is 1.43. The molecule has 7 heteroatoms. The number of nitrogens with zero attached hydrogens (tertiary/aromatic N) is 2. The third-order valence-electron chi connectivity index (χ3n) is 5.49. The summed E-state index contributed by atoms with van der Waals surface area (Å²) >= 11 is 0. The minimum atomic E-state index is -0.254. The summed E-state index contributed by atoms with van der Waals surface area (Å²) in [6.07, 6.45) is 1.83. The van der Waals surface area contributed by atoms with E-state index >= 15 is 0 Å². The van der Waals surface area contributed by atoms with Gasteiger partial charge < -0.3 is 19.2 Å². The zero-order valence-corrected chi connectivity index (χ0v) is 17.1. The number of para-hydroxylation sites is 1.